The molecule has 0 heterocycles. The average molecular weight is 682 g/mol. The average Bonchev–Trinajstić information content (AvgIpc) is 3.10. The molecule has 49 heavy (non-hydrogen) atoms. The summed E-state index contributed by atoms with van der Waals surface area (Å²) in [7, 11) is 3.57. The van der Waals surface area contributed by atoms with Crippen LogP contribution in [0.5, 0.6) is 11.5 Å². The molecule has 0 N–H and O–H groups in total. The Kier molecular flexibility index (Phi) is 31.3. The van der Waals surface area contributed by atoms with Gasteiger partial charge < -0.3 is 14.4 Å². The Labute approximate surface area is 304 Å². The van der Waals surface area contributed by atoms with Gasteiger partial charge in [0.15, 0.2) is 11.5 Å². The molecular weight excluding hydrogens is 602 g/mol. The van der Waals surface area contributed by atoms with Gasteiger partial charge in [0.1, 0.15) is 0 Å². The summed E-state index contributed by atoms with van der Waals surface area (Å²) in [5.41, 5.74) is 0.644. The van der Waals surface area contributed by atoms with Crippen molar-refractivity contribution in [2.75, 3.05) is 27.3 Å². The molecule has 0 atom stereocenters. The molecule has 0 saturated heterocycles. The zero-order valence-electron chi connectivity index (χ0n) is 32.9. The summed E-state index contributed by atoms with van der Waals surface area (Å²) in [5, 5.41) is 0. The van der Waals surface area contributed by atoms with Crippen LogP contribution in [0.25, 0.3) is 0 Å². The normalized spacial score (nSPS) is 11.6. The predicted molar refractivity (Wildman–Crippen MR) is 214 cm³/mol. The van der Waals surface area contributed by atoms with E-state index in [1.165, 1.54) is 167 Å². The second kappa shape index (κ2) is 34.2. The lowest BCUT2D eigenvalue weighted by Gasteiger charge is -2.16. The lowest BCUT2D eigenvalue weighted by Crippen LogP contribution is -2.21. The summed E-state index contributed by atoms with van der Waals surface area (Å²) < 4.78 is 12.4. The number of ether oxygens (including phenoxy) is 2. The second-order valence-corrected chi connectivity index (χ2v) is 14.4. The monoisotopic (exact) mass is 682 g/mol. The van der Waals surface area contributed by atoms with Crippen LogP contribution in [-0.2, 0) is 0 Å². The zero-order valence-corrected chi connectivity index (χ0v) is 32.9. The van der Waals surface area contributed by atoms with Crippen molar-refractivity contribution in [3.05, 3.63) is 48.1 Å². The van der Waals surface area contributed by atoms with Crippen molar-refractivity contribution in [2.24, 2.45) is 0 Å². The molecule has 0 radical (unpaired) electrons. The highest BCUT2D eigenvalue weighted by Gasteiger charge is 2.13. The Morgan fingerprint density at radius 1 is 0.490 bits per heavy atom. The van der Waals surface area contributed by atoms with Crippen LogP contribution in [0.2, 0.25) is 0 Å². The van der Waals surface area contributed by atoms with E-state index in [0.29, 0.717) is 24.5 Å². The standard InChI is InChI=1S/C45H79NO3/c1-5-7-9-11-13-15-17-19-21-23-25-27-29-31-33-35-39-48-43-38-37-42(45(47)46(3)4)41-44(43)49-40-36-34-32-30-28-26-24-22-20-18-16-14-12-10-8-6-2/h19-22,37-38,41H,5-18,23-36,39-40H2,1-4H3/b21-19-,22-20-. The number of nitrogens with zero attached hydrogens (tertiary/aromatic N) is 1. The van der Waals surface area contributed by atoms with Crippen LogP contribution in [-0.4, -0.2) is 38.1 Å². The van der Waals surface area contributed by atoms with Crippen molar-refractivity contribution in [2.45, 2.75) is 194 Å². The van der Waals surface area contributed by atoms with E-state index >= 15 is 0 Å². The van der Waals surface area contributed by atoms with Crippen molar-refractivity contribution in [3.8, 4) is 11.5 Å². The van der Waals surface area contributed by atoms with Crippen LogP contribution in [0.3, 0.4) is 0 Å². The van der Waals surface area contributed by atoms with Gasteiger partial charge in [-0.1, -0.05) is 154 Å². The maximum absolute atomic E-state index is 12.6. The van der Waals surface area contributed by atoms with Gasteiger partial charge in [-0.25, -0.2) is 0 Å². The highest BCUT2D eigenvalue weighted by atomic mass is 16.5. The fraction of sp³-hybridized carbons (Fsp3) is 0.756. The Morgan fingerprint density at radius 3 is 1.22 bits per heavy atom. The molecule has 4 heteroatoms. The first-order valence-corrected chi connectivity index (χ1v) is 21.0. The summed E-state index contributed by atoms with van der Waals surface area (Å²) in [6, 6.07) is 5.63. The van der Waals surface area contributed by atoms with Crippen molar-refractivity contribution < 1.29 is 14.3 Å². The zero-order chi connectivity index (χ0) is 35.5. The number of unbranched alkanes of at least 4 members (excludes halogenated alkanes) is 24. The fourth-order valence-electron chi connectivity index (χ4n) is 6.19. The maximum Gasteiger partial charge on any atom is 0.253 e. The van der Waals surface area contributed by atoms with Gasteiger partial charge in [0.25, 0.3) is 5.91 Å². The van der Waals surface area contributed by atoms with Crippen molar-refractivity contribution >= 4 is 5.91 Å². The van der Waals surface area contributed by atoms with Gasteiger partial charge in [0, 0.05) is 19.7 Å². The smallest absolute Gasteiger partial charge is 0.253 e. The minimum atomic E-state index is -0.0121. The molecular formula is C45H79NO3. The third-order valence-corrected chi connectivity index (χ3v) is 9.42. The van der Waals surface area contributed by atoms with E-state index in [2.05, 4.69) is 38.2 Å². The molecule has 1 amide bonds. The van der Waals surface area contributed by atoms with Gasteiger partial charge in [-0.3, -0.25) is 4.79 Å². The quantitative estimate of drug-likeness (QED) is 0.0529. The van der Waals surface area contributed by atoms with E-state index in [-0.39, 0.29) is 5.91 Å². The van der Waals surface area contributed by atoms with Gasteiger partial charge in [-0.05, 0) is 82.4 Å². The second-order valence-electron chi connectivity index (χ2n) is 14.4. The molecule has 0 aliphatic heterocycles. The number of hydrogen-bond donors (Lipinski definition) is 0. The topological polar surface area (TPSA) is 38.8 Å². The van der Waals surface area contributed by atoms with Gasteiger partial charge >= 0.3 is 0 Å². The molecule has 0 aliphatic carbocycles. The summed E-state index contributed by atoms with van der Waals surface area (Å²) in [4.78, 5) is 14.2. The molecule has 0 aromatic heterocycles. The minimum absolute atomic E-state index is 0.0121. The van der Waals surface area contributed by atoms with E-state index in [1.807, 2.05) is 18.2 Å². The number of rotatable bonds is 35. The van der Waals surface area contributed by atoms with Gasteiger partial charge in [-0.2, -0.15) is 0 Å². The van der Waals surface area contributed by atoms with Crippen LogP contribution in [0.1, 0.15) is 204 Å². The largest absolute Gasteiger partial charge is 0.490 e. The van der Waals surface area contributed by atoms with Crippen molar-refractivity contribution in [1.82, 2.24) is 4.90 Å². The van der Waals surface area contributed by atoms with E-state index in [1.54, 1.807) is 19.0 Å². The van der Waals surface area contributed by atoms with E-state index < -0.39 is 0 Å². The predicted octanol–water partition coefficient (Wildman–Crippen LogP) is 14.2. The lowest BCUT2D eigenvalue weighted by atomic mass is 10.1. The van der Waals surface area contributed by atoms with Crippen LogP contribution < -0.4 is 9.47 Å². The number of hydrogen-bond acceptors (Lipinski definition) is 3. The third-order valence-electron chi connectivity index (χ3n) is 9.42. The molecule has 0 spiro atoms. The third kappa shape index (κ3) is 27.2. The first kappa shape index (κ1) is 44.8. The summed E-state index contributed by atoms with van der Waals surface area (Å²) >= 11 is 0. The van der Waals surface area contributed by atoms with Gasteiger partial charge in [0.05, 0.1) is 13.2 Å². The van der Waals surface area contributed by atoms with Crippen LogP contribution in [0.15, 0.2) is 42.5 Å². The highest BCUT2D eigenvalue weighted by molar-refractivity contribution is 5.94. The van der Waals surface area contributed by atoms with Gasteiger partial charge in [0.2, 0.25) is 0 Å². The number of benzene rings is 1. The maximum atomic E-state index is 12.6. The molecule has 0 unspecified atom stereocenters. The Hall–Kier alpha value is -2.23. The molecule has 282 valence electrons. The van der Waals surface area contributed by atoms with Crippen molar-refractivity contribution in [1.29, 1.82) is 0 Å². The van der Waals surface area contributed by atoms with Crippen LogP contribution in [0.4, 0.5) is 0 Å². The van der Waals surface area contributed by atoms with Gasteiger partial charge in [-0.15, -0.1) is 0 Å². The molecule has 0 aliphatic rings. The molecule has 0 saturated carbocycles. The van der Waals surface area contributed by atoms with Crippen molar-refractivity contribution in [3.63, 3.8) is 0 Å². The van der Waals surface area contributed by atoms with E-state index in [9.17, 15) is 4.79 Å². The molecule has 1 aromatic rings. The first-order chi connectivity index (χ1) is 24.1. The Balaban J connectivity index is 2.18. The first-order valence-electron chi connectivity index (χ1n) is 21.0. The summed E-state index contributed by atoms with van der Waals surface area (Å²) in [5.74, 6) is 1.44. The number of allylic oxidation sites excluding steroid dienone is 4. The Morgan fingerprint density at radius 2 is 0.837 bits per heavy atom. The lowest BCUT2D eigenvalue weighted by molar-refractivity contribution is 0.0827. The highest BCUT2D eigenvalue weighted by Crippen LogP contribution is 2.30. The molecule has 1 aromatic carbocycles. The number of amides is 1. The van der Waals surface area contributed by atoms with E-state index in [4.69, 9.17) is 9.47 Å². The SMILES string of the molecule is CCCCCCCC/C=C\CCCCCCCCOc1ccc(C(=O)N(C)C)cc1OCCCCCCCC/C=C\CCCCCCCC. The molecule has 0 fully saturated rings. The molecule has 4 nitrogen and oxygen atoms in total. The molecule has 0 bridgehead atoms. The fourth-order valence-corrected chi connectivity index (χ4v) is 6.19. The van der Waals surface area contributed by atoms with Crippen LogP contribution in [0, 0.1) is 0 Å². The number of carbonyl (C=O) groups is 1. The minimum Gasteiger partial charge on any atom is -0.490 e. The van der Waals surface area contributed by atoms with Crippen LogP contribution >= 0.6 is 0 Å². The molecule has 1 rings (SSSR count). The number of carbonyl (C=O) groups excluding carboxylic acids is 1. The summed E-state index contributed by atoms with van der Waals surface area (Å²) in [6.07, 6.45) is 45.9. The Bertz CT molecular complexity index is 937. The van der Waals surface area contributed by atoms with E-state index in [0.717, 1.165) is 18.6 Å². The summed E-state index contributed by atoms with van der Waals surface area (Å²) in [6.45, 7) is 5.91.